The average Bonchev–Trinajstić information content (AvgIpc) is 2.49. The molecule has 1 aromatic heterocycles. The Morgan fingerprint density at radius 2 is 2.50 bits per heavy atom. The number of aromatic nitrogens is 1. The van der Waals surface area contributed by atoms with Crippen LogP contribution in [0.25, 0.3) is 0 Å². The van der Waals surface area contributed by atoms with Crippen molar-refractivity contribution in [2.24, 2.45) is 0 Å². The largest absolute Gasteiger partial charge is 0.365 e. The number of hydrogen-bond donors (Lipinski definition) is 2. The van der Waals surface area contributed by atoms with Gasteiger partial charge in [0.05, 0.1) is 6.61 Å². The third kappa shape index (κ3) is 3.66. The van der Waals surface area contributed by atoms with E-state index in [1.807, 2.05) is 18.3 Å². The van der Waals surface area contributed by atoms with Gasteiger partial charge in [0.2, 0.25) is 0 Å². The van der Waals surface area contributed by atoms with Gasteiger partial charge in [-0.1, -0.05) is 0 Å². The molecule has 0 saturated heterocycles. The van der Waals surface area contributed by atoms with Gasteiger partial charge in [-0.3, -0.25) is 8.74 Å². The van der Waals surface area contributed by atoms with E-state index in [-0.39, 0.29) is 0 Å². The Kier molecular flexibility index (Phi) is 3.99. The molecule has 0 radical (unpaired) electrons. The molecule has 0 aliphatic heterocycles. The summed E-state index contributed by atoms with van der Waals surface area (Å²) in [7, 11) is 0. The van der Waals surface area contributed by atoms with E-state index in [0.29, 0.717) is 6.61 Å². The second kappa shape index (κ2) is 5.08. The average molecular weight is 189 g/mol. The number of aromatic amines is 1. The summed E-state index contributed by atoms with van der Waals surface area (Å²) in [5.74, 6) is 0. The second-order valence-corrected chi connectivity index (χ2v) is 3.01. The number of H-pyrrole nitrogens is 1. The van der Waals surface area contributed by atoms with Crippen LogP contribution < -0.4 is 0 Å². The molecule has 1 rings (SSSR count). The maximum Gasteiger partial charge on any atom is 0.301 e. The minimum atomic E-state index is -2.12. The van der Waals surface area contributed by atoms with Crippen LogP contribution in [0.3, 0.4) is 0 Å². The van der Waals surface area contributed by atoms with E-state index < -0.39 is 11.4 Å². The molecule has 0 aromatic carbocycles. The highest BCUT2D eigenvalue weighted by Crippen LogP contribution is 1.99. The molecular formula is C7H11NO3S. The molecule has 0 aliphatic carbocycles. The zero-order valence-corrected chi connectivity index (χ0v) is 7.34. The van der Waals surface area contributed by atoms with Gasteiger partial charge < -0.3 is 4.98 Å². The fourth-order valence-electron chi connectivity index (χ4n) is 0.916. The Hall–Kier alpha value is -0.650. The number of hydrogen-bond acceptors (Lipinski definition) is 2. The quantitative estimate of drug-likeness (QED) is 0.538. The molecule has 1 atom stereocenters. The van der Waals surface area contributed by atoms with Crippen LogP contribution in [0.15, 0.2) is 18.3 Å². The van der Waals surface area contributed by atoms with E-state index >= 15 is 0 Å². The molecule has 0 amide bonds. The van der Waals surface area contributed by atoms with E-state index in [9.17, 15) is 4.21 Å². The molecule has 2 N–H and O–H groups in total. The lowest BCUT2D eigenvalue weighted by molar-refractivity contribution is 0.301. The van der Waals surface area contributed by atoms with Crippen molar-refractivity contribution in [3.05, 3.63) is 24.0 Å². The van der Waals surface area contributed by atoms with Crippen LogP contribution >= 0.6 is 0 Å². The minimum Gasteiger partial charge on any atom is -0.365 e. The SMILES string of the molecule is O=S(O)OCCCc1ccc[nH]1. The number of aryl methyl sites for hydroxylation is 1. The Morgan fingerprint density at radius 3 is 3.08 bits per heavy atom. The molecule has 1 heterocycles. The van der Waals surface area contributed by atoms with Crippen LogP contribution in [-0.2, 0) is 22.0 Å². The van der Waals surface area contributed by atoms with Gasteiger partial charge in [-0.15, -0.1) is 0 Å². The Labute approximate surface area is 73.4 Å². The monoisotopic (exact) mass is 189 g/mol. The predicted molar refractivity (Wildman–Crippen MR) is 45.8 cm³/mol. The van der Waals surface area contributed by atoms with E-state index in [1.54, 1.807) is 0 Å². The molecule has 0 aliphatic rings. The van der Waals surface area contributed by atoms with Crippen molar-refractivity contribution in [1.29, 1.82) is 0 Å². The zero-order valence-electron chi connectivity index (χ0n) is 6.53. The first-order chi connectivity index (χ1) is 5.79. The van der Waals surface area contributed by atoms with Crippen LogP contribution in [0.5, 0.6) is 0 Å². The summed E-state index contributed by atoms with van der Waals surface area (Å²) in [6.07, 6.45) is 3.43. The Bertz CT molecular complexity index is 235. The molecule has 5 heteroatoms. The van der Waals surface area contributed by atoms with Crippen LogP contribution in [0.1, 0.15) is 12.1 Å². The fraction of sp³-hybridized carbons (Fsp3) is 0.429. The molecule has 0 spiro atoms. The summed E-state index contributed by atoms with van der Waals surface area (Å²) in [6, 6.07) is 3.89. The summed E-state index contributed by atoms with van der Waals surface area (Å²) in [5.41, 5.74) is 1.11. The van der Waals surface area contributed by atoms with Crippen molar-refractivity contribution >= 4 is 11.4 Å². The lowest BCUT2D eigenvalue weighted by Crippen LogP contribution is -1.99. The molecule has 1 aromatic rings. The Balaban J connectivity index is 2.07. The van der Waals surface area contributed by atoms with Crippen molar-refractivity contribution in [2.45, 2.75) is 12.8 Å². The van der Waals surface area contributed by atoms with E-state index in [1.165, 1.54) is 0 Å². The Morgan fingerprint density at radius 1 is 1.67 bits per heavy atom. The minimum absolute atomic E-state index is 0.308. The zero-order chi connectivity index (χ0) is 8.81. The van der Waals surface area contributed by atoms with Gasteiger partial charge in [0.25, 0.3) is 0 Å². The third-order valence-corrected chi connectivity index (χ3v) is 1.81. The smallest absolute Gasteiger partial charge is 0.301 e. The predicted octanol–water partition coefficient (Wildman–Crippen LogP) is 1.10. The summed E-state index contributed by atoms with van der Waals surface area (Å²) in [6.45, 7) is 0.308. The molecule has 0 bridgehead atoms. The van der Waals surface area contributed by atoms with Gasteiger partial charge in [-0.2, -0.15) is 4.21 Å². The van der Waals surface area contributed by atoms with Crippen LogP contribution in [0, 0.1) is 0 Å². The molecule has 0 fully saturated rings. The summed E-state index contributed by atoms with van der Waals surface area (Å²) in [5, 5.41) is 0. The highest BCUT2D eigenvalue weighted by Gasteiger charge is 1.95. The first kappa shape index (κ1) is 9.44. The molecule has 4 nitrogen and oxygen atoms in total. The lowest BCUT2D eigenvalue weighted by atomic mass is 10.2. The van der Waals surface area contributed by atoms with Gasteiger partial charge in [0, 0.05) is 11.9 Å². The van der Waals surface area contributed by atoms with Crippen molar-refractivity contribution in [3.8, 4) is 0 Å². The molecule has 12 heavy (non-hydrogen) atoms. The maximum absolute atomic E-state index is 10.0. The van der Waals surface area contributed by atoms with E-state index in [4.69, 9.17) is 4.55 Å². The summed E-state index contributed by atoms with van der Waals surface area (Å²) < 4.78 is 22.7. The molecule has 0 saturated carbocycles. The van der Waals surface area contributed by atoms with Crippen LogP contribution in [-0.4, -0.2) is 20.4 Å². The van der Waals surface area contributed by atoms with Crippen molar-refractivity contribution < 1.29 is 12.9 Å². The standard InChI is InChI=1S/C7H11NO3S/c9-12(10)11-6-2-4-7-3-1-5-8-7/h1,3,5,8H,2,4,6H2,(H,9,10). The van der Waals surface area contributed by atoms with Gasteiger partial charge in [0.15, 0.2) is 0 Å². The van der Waals surface area contributed by atoms with Gasteiger partial charge in [-0.05, 0) is 25.0 Å². The topological polar surface area (TPSA) is 62.3 Å². The molecular weight excluding hydrogens is 178 g/mol. The second-order valence-electron chi connectivity index (χ2n) is 2.34. The highest BCUT2D eigenvalue weighted by molar-refractivity contribution is 7.74. The van der Waals surface area contributed by atoms with Gasteiger partial charge in [-0.25, -0.2) is 0 Å². The van der Waals surface area contributed by atoms with Gasteiger partial charge in [0.1, 0.15) is 0 Å². The normalized spacial score (nSPS) is 13.1. The first-order valence-corrected chi connectivity index (χ1v) is 4.68. The fourth-order valence-corrected chi connectivity index (χ4v) is 1.18. The molecule has 1 unspecified atom stereocenters. The van der Waals surface area contributed by atoms with Crippen molar-refractivity contribution in [1.82, 2.24) is 4.98 Å². The van der Waals surface area contributed by atoms with Crippen LogP contribution in [0.2, 0.25) is 0 Å². The molecule has 68 valence electrons. The number of nitrogens with one attached hydrogen (secondary N) is 1. The van der Waals surface area contributed by atoms with E-state index in [0.717, 1.165) is 18.5 Å². The first-order valence-electron chi connectivity index (χ1n) is 3.65. The number of rotatable bonds is 5. The summed E-state index contributed by atoms with van der Waals surface area (Å²) >= 11 is -2.12. The third-order valence-electron chi connectivity index (χ3n) is 1.44. The van der Waals surface area contributed by atoms with Crippen molar-refractivity contribution in [3.63, 3.8) is 0 Å². The van der Waals surface area contributed by atoms with Gasteiger partial charge >= 0.3 is 11.4 Å². The van der Waals surface area contributed by atoms with Crippen molar-refractivity contribution in [2.75, 3.05) is 6.61 Å². The maximum atomic E-state index is 10.0. The highest BCUT2D eigenvalue weighted by atomic mass is 32.2. The summed E-state index contributed by atoms with van der Waals surface area (Å²) in [4.78, 5) is 3.03. The van der Waals surface area contributed by atoms with E-state index in [2.05, 4.69) is 9.17 Å². The lowest BCUT2D eigenvalue weighted by Gasteiger charge is -1.97. The van der Waals surface area contributed by atoms with Crippen LogP contribution in [0.4, 0.5) is 0 Å².